The van der Waals surface area contributed by atoms with Crippen LogP contribution in [0.3, 0.4) is 0 Å². The van der Waals surface area contributed by atoms with Crippen molar-refractivity contribution >= 4 is 104 Å². The molecular formula is C73H80Cl2N6O14. The van der Waals surface area contributed by atoms with Crippen LogP contribution in [0.25, 0.3) is 32.7 Å². The van der Waals surface area contributed by atoms with Crippen molar-refractivity contribution in [2.45, 2.75) is 77.8 Å². The third-order valence-electron chi connectivity index (χ3n) is 17.6. The maximum absolute atomic E-state index is 13.0. The summed E-state index contributed by atoms with van der Waals surface area (Å²) in [5, 5.41) is 6.62. The van der Waals surface area contributed by atoms with Gasteiger partial charge in [0.1, 0.15) is 29.9 Å². The molecule has 3 aliphatic rings. The fourth-order valence-electron chi connectivity index (χ4n) is 13.3. The third-order valence-corrected chi connectivity index (χ3v) is 18.0. The van der Waals surface area contributed by atoms with E-state index in [1.807, 2.05) is 103 Å². The van der Waals surface area contributed by atoms with E-state index in [-0.39, 0.29) is 63.8 Å². The van der Waals surface area contributed by atoms with Crippen molar-refractivity contribution in [1.29, 1.82) is 0 Å². The van der Waals surface area contributed by atoms with Gasteiger partial charge in [-0.2, -0.15) is 0 Å². The Bertz CT molecular complexity index is 4140. The van der Waals surface area contributed by atoms with E-state index in [9.17, 15) is 38.4 Å². The smallest absolute Gasteiger partial charge is 0.337 e. The van der Waals surface area contributed by atoms with Crippen molar-refractivity contribution < 1.29 is 66.8 Å². The summed E-state index contributed by atoms with van der Waals surface area (Å²) in [4.78, 5) is 103. The SMILES string of the molecule is C.C.C.COC(=O)c1ccc(C2N[C@@H](C(=O)OC)Cc3c2n(C)c2ccccc32)cc1.COC(=O)c1ccc([C@@H]2c3c(c4ccccc4n3C)C[C@H](C(=O)OC)N2C(=O)CCl)cc1.COC(=O)c1ccc([C@H]2c3c(c4ccccc4n3C)C[C@H](C(=O)OC)N2C(=O)CCl)cc1. The molecule has 95 heavy (non-hydrogen) atoms. The number of rotatable bonds is 11. The molecule has 1 N–H and O–H groups in total. The molecule has 22 heteroatoms. The molecule has 0 spiro atoms. The fraction of sp³-hybridized carbons (Fsp3) is 0.315. The molecule has 20 nitrogen and oxygen atoms in total. The van der Waals surface area contributed by atoms with Crippen molar-refractivity contribution in [2.24, 2.45) is 21.1 Å². The number of nitrogens with zero attached hydrogens (tertiary/aromatic N) is 5. The molecule has 6 aromatic carbocycles. The molecule has 0 saturated carbocycles. The molecule has 6 atom stereocenters. The van der Waals surface area contributed by atoms with Crippen LogP contribution in [0.4, 0.5) is 0 Å². The predicted octanol–water partition coefficient (Wildman–Crippen LogP) is 11.1. The zero-order valence-electron chi connectivity index (χ0n) is 52.1. The molecular weight excluding hydrogens is 1260 g/mol. The van der Waals surface area contributed by atoms with Gasteiger partial charge in [0, 0.05) is 90.2 Å². The van der Waals surface area contributed by atoms with Gasteiger partial charge in [0.15, 0.2) is 0 Å². The van der Waals surface area contributed by atoms with Crippen LogP contribution in [-0.4, -0.2) is 144 Å². The lowest BCUT2D eigenvalue weighted by Gasteiger charge is -2.41. The molecule has 6 heterocycles. The van der Waals surface area contributed by atoms with Gasteiger partial charge < -0.3 is 51.9 Å². The largest absolute Gasteiger partial charge is 0.468 e. The highest BCUT2D eigenvalue weighted by Crippen LogP contribution is 2.45. The maximum Gasteiger partial charge on any atom is 0.337 e. The zero-order valence-corrected chi connectivity index (χ0v) is 53.6. The predicted molar refractivity (Wildman–Crippen MR) is 365 cm³/mol. The van der Waals surface area contributed by atoms with Crippen LogP contribution in [0.5, 0.6) is 0 Å². The highest BCUT2D eigenvalue weighted by Gasteiger charge is 2.47. The van der Waals surface area contributed by atoms with Crippen molar-refractivity contribution in [2.75, 3.05) is 54.4 Å². The van der Waals surface area contributed by atoms with E-state index in [1.54, 1.807) is 60.7 Å². The number of carbonyl (C=O) groups excluding carboxylic acids is 8. The number of methoxy groups -OCH3 is 6. The molecule has 3 aromatic heterocycles. The first kappa shape index (κ1) is 72.7. The number of fused-ring (bicyclic) bond motifs is 9. The first-order valence-electron chi connectivity index (χ1n) is 29.4. The molecule has 3 aliphatic heterocycles. The summed E-state index contributed by atoms with van der Waals surface area (Å²) >= 11 is 11.9. The molecule has 0 radical (unpaired) electrons. The van der Waals surface area contributed by atoms with Gasteiger partial charge >= 0.3 is 35.8 Å². The second kappa shape index (κ2) is 31.0. The van der Waals surface area contributed by atoms with Crippen LogP contribution in [0.15, 0.2) is 146 Å². The number of carbonyl (C=O) groups is 8. The quantitative estimate of drug-likeness (QED) is 0.0722. The minimum Gasteiger partial charge on any atom is -0.468 e. The minimum absolute atomic E-state index is 0. The number of alkyl halides is 2. The van der Waals surface area contributed by atoms with Gasteiger partial charge in [-0.15, -0.1) is 23.2 Å². The Morgan fingerprint density at radius 3 is 1.02 bits per heavy atom. The number of para-hydroxylation sites is 3. The Labute approximate surface area is 562 Å². The van der Waals surface area contributed by atoms with Gasteiger partial charge in [-0.1, -0.05) is 113 Å². The molecule has 0 saturated heterocycles. The average molecular weight is 1340 g/mol. The van der Waals surface area contributed by atoms with E-state index < -0.39 is 54.1 Å². The average Bonchev–Trinajstić information content (AvgIpc) is 1.61. The van der Waals surface area contributed by atoms with Crippen molar-refractivity contribution in [3.8, 4) is 0 Å². The van der Waals surface area contributed by atoms with Crippen LogP contribution in [0.2, 0.25) is 0 Å². The maximum atomic E-state index is 13.0. The topological polar surface area (TPSA) is 225 Å². The van der Waals surface area contributed by atoms with Crippen LogP contribution in [0, 0.1) is 0 Å². The number of aryl methyl sites for hydroxylation is 3. The number of hydrogen-bond acceptors (Lipinski definition) is 15. The van der Waals surface area contributed by atoms with E-state index in [0.29, 0.717) is 36.0 Å². The first-order chi connectivity index (χ1) is 44.4. The molecule has 0 fully saturated rings. The highest BCUT2D eigenvalue weighted by atomic mass is 35.5. The molecule has 2 amide bonds. The number of amides is 2. The number of halogens is 2. The summed E-state index contributed by atoms with van der Waals surface area (Å²) < 4.78 is 35.7. The summed E-state index contributed by atoms with van der Waals surface area (Å²) in [6.45, 7) is 0. The number of aromatic nitrogens is 3. The van der Waals surface area contributed by atoms with Crippen LogP contribution >= 0.6 is 23.2 Å². The number of hydrogen-bond donors (Lipinski definition) is 1. The molecule has 1 unspecified atom stereocenters. The Kier molecular flexibility index (Phi) is 23.7. The summed E-state index contributed by atoms with van der Waals surface area (Å²) in [5.74, 6) is -3.86. The zero-order chi connectivity index (χ0) is 65.8. The van der Waals surface area contributed by atoms with E-state index in [1.165, 1.54) is 52.5 Å². The lowest BCUT2D eigenvalue weighted by atomic mass is 9.87. The number of benzene rings is 6. The van der Waals surface area contributed by atoms with Crippen molar-refractivity contribution in [3.05, 3.63) is 213 Å². The lowest BCUT2D eigenvalue weighted by Crippen LogP contribution is -2.52. The Hall–Kier alpha value is -9.76. The second-order valence-corrected chi connectivity index (χ2v) is 22.7. The summed E-state index contributed by atoms with van der Waals surface area (Å²) in [6.07, 6.45) is 1.21. The molecule has 9 aromatic rings. The number of esters is 6. The third kappa shape index (κ3) is 13.5. The van der Waals surface area contributed by atoms with Gasteiger partial charge in [0.25, 0.3) is 0 Å². The second-order valence-electron chi connectivity index (χ2n) is 22.2. The minimum atomic E-state index is -0.824. The monoisotopic (exact) mass is 1330 g/mol. The van der Waals surface area contributed by atoms with Gasteiger partial charge in [-0.25, -0.2) is 24.0 Å². The first-order valence-corrected chi connectivity index (χ1v) is 30.4. The van der Waals surface area contributed by atoms with Crippen LogP contribution in [0.1, 0.15) is 122 Å². The highest BCUT2D eigenvalue weighted by molar-refractivity contribution is 6.28. The van der Waals surface area contributed by atoms with Crippen molar-refractivity contribution in [3.63, 3.8) is 0 Å². The van der Waals surface area contributed by atoms with Gasteiger partial charge in [0.05, 0.1) is 77.5 Å². The summed E-state index contributed by atoms with van der Waals surface area (Å²) in [6, 6.07) is 41.5. The lowest BCUT2D eigenvalue weighted by molar-refractivity contribution is -0.154. The van der Waals surface area contributed by atoms with Crippen LogP contribution in [-0.2, 0) is 92.8 Å². The molecule has 500 valence electrons. The number of ether oxygens (including phenoxy) is 6. The standard InChI is InChI=1S/2C24H23ClN2O5.C22H22N2O4.3CH4/c2*1-26-18-7-5-4-6-16(18)17-12-19(24(30)32-3)27(20(28)13-25)21(22(17)26)14-8-10-15(11-9-14)23(29)31-2;1-24-18-7-5-4-6-15(18)16-12-17(22(26)28-3)23-19(20(16)24)13-8-10-14(11-9-13)21(25)27-2;;;/h2*4-11,19,21H,12-13H2,1-3H3;4-11,17,19,23H,12H2,1-3H3;3*1H4/t19-,21+;19-,21-;17-,19?;;;/m111.../s1. The normalized spacial score (nSPS) is 17.4. The molecule has 0 bridgehead atoms. The Morgan fingerprint density at radius 2 is 0.705 bits per heavy atom. The van der Waals surface area contributed by atoms with E-state index >= 15 is 0 Å². The molecule has 0 aliphatic carbocycles. The van der Waals surface area contributed by atoms with Gasteiger partial charge in [-0.3, -0.25) is 19.7 Å². The summed E-state index contributed by atoms with van der Waals surface area (Å²) in [5.41, 5.74) is 12.9. The van der Waals surface area contributed by atoms with E-state index in [4.69, 9.17) is 51.6 Å². The van der Waals surface area contributed by atoms with Gasteiger partial charge in [0.2, 0.25) is 11.8 Å². The molecule has 12 rings (SSSR count). The van der Waals surface area contributed by atoms with E-state index in [2.05, 4.69) is 22.0 Å². The Balaban J connectivity index is 0.000000199. The van der Waals surface area contributed by atoms with Crippen molar-refractivity contribution in [1.82, 2.24) is 28.8 Å². The van der Waals surface area contributed by atoms with Gasteiger partial charge in [-0.05, 0) is 88.0 Å². The van der Waals surface area contributed by atoms with E-state index in [0.717, 1.165) is 83.2 Å². The Morgan fingerprint density at radius 1 is 0.400 bits per heavy atom. The number of nitrogens with one attached hydrogen (secondary N) is 1. The fourth-order valence-corrected chi connectivity index (χ4v) is 13.6. The van der Waals surface area contributed by atoms with Crippen LogP contribution < -0.4 is 5.32 Å². The summed E-state index contributed by atoms with van der Waals surface area (Å²) in [7, 11) is 14.0.